The summed E-state index contributed by atoms with van der Waals surface area (Å²) >= 11 is 0. The van der Waals surface area contributed by atoms with Crippen molar-refractivity contribution in [2.24, 2.45) is 0 Å². The number of para-hydroxylation sites is 1. The molecule has 0 radical (unpaired) electrons. The molecule has 0 N–H and O–H groups in total. The van der Waals surface area contributed by atoms with Gasteiger partial charge in [0.05, 0.1) is 17.2 Å². The van der Waals surface area contributed by atoms with Gasteiger partial charge in [0.1, 0.15) is 17.9 Å². The second-order valence-electron chi connectivity index (χ2n) is 6.67. The summed E-state index contributed by atoms with van der Waals surface area (Å²) in [5, 5.41) is 1.24. The van der Waals surface area contributed by atoms with Crippen LogP contribution in [0.3, 0.4) is 0 Å². The van der Waals surface area contributed by atoms with Crippen molar-refractivity contribution in [2.45, 2.75) is 26.3 Å². The highest BCUT2D eigenvalue weighted by atomic mass is 16.5. The molecule has 0 aliphatic carbocycles. The Morgan fingerprint density at radius 3 is 2.76 bits per heavy atom. The second-order valence-corrected chi connectivity index (χ2v) is 6.67. The summed E-state index contributed by atoms with van der Waals surface area (Å²) < 4.78 is 11.8. The Kier molecular flexibility index (Phi) is 4.95. The van der Waals surface area contributed by atoms with Crippen LogP contribution >= 0.6 is 0 Å². The maximum atomic E-state index is 12.5. The Morgan fingerprint density at radius 2 is 1.93 bits per heavy atom. The van der Waals surface area contributed by atoms with Crippen LogP contribution in [0, 0.1) is 0 Å². The third-order valence-corrected chi connectivity index (χ3v) is 4.58. The second kappa shape index (κ2) is 7.71. The molecule has 146 valence electrons. The lowest BCUT2D eigenvalue weighted by molar-refractivity contribution is -0.135. The first-order valence-electron chi connectivity index (χ1n) is 9.27. The summed E-state index contributed by atoms with van der Waals surface area (Å²) in [7, 11) is 0. The predicted octanol–water partition coefficient (Wildman–Crippen LogP) is 3.06. The molecule has 0 atom stereocenters. The van der Waals surface area contributed by atoms with E-state index < -0.39 is 11.6 Å². The first-order valence-corrected chi connectivity index (χ1v) is 9.27. The zero-order chi connectivity index (χ0) is 20.4. The van der Waals surface area contributed by atoms with Gasteiger partial charge in [-0.25, -0.2) is 14.6 Å². The highest BCUT2D eigenvalue weighted by molar-refractivity contribution is 5.83. The smallest absolute Gasteiger partial charge is 0.336 e. The number of ether oxygens (including phenoxy) is 1. The Labute approximate surface area is 165 Å². The fourth-order valence-corrected chi connectivity index (χ4v) is 3.27. The van der Waals surface area contributed by atoms with E-state index in [4.69, 9.17) is 9.15 Å². The van der Waals surface area contributed by atoms with Crippen LogP contribution in [-0.4, -0.2) is 15.5 Å². The Balaban J connectivity index is 1.58. The van der Waals surface area contributed by atoms with Gasteiger partial charge in [-0.15, -0.1) is 0 Å². The maximum Gasteiger partial charge on any atom is 0.336 e. The van der Waals surface area contributed by atoms with Gasteiger partial charge in [-0.05, 0) is 36.2 Å². The SMILES string of the molecule is CCCc1cc(=O)oc2cc(OC(=O)Cn3cnc4ccccc4c3=O)ccc12. The number of aryl methyl sites for hydroxylation is 1. The van der Waals surface area contributed by atoms with E-state index in [-0.39, 0.29) is 17.9 Å². The third-order valence-electron chi connectivity index (χ3n) is 4.58. The van der Waals surface area contributed by atoms with Crippen LogP contribution in [-0.2, 0) is 17.8 Å². The van der Waals surface area contributed by atoms with Crippen molar-refractivity contribution in [1.29, 1.82) is 0 Å². The monoisotopic (exact) mass is 390 g/mol. The molecule has 0 amide bonds. The highest BCUT2D eigenvalue weighted by Crippen LogP contribution is 2.23. The molecule has 0 saturated heterocycles. The van der Waals surface area contributed by atoms with Crippen molar-refractivity contribution in [3.63, 3.8) is 0 Å². The minimum Gasteiger partial charge on any atom is -0.425 e. The number of aromatic nitrogens is 2. The standard InChI is InChI=1S/C22H18N2O5/c1-2-5-14-10-20(25)29-19-11-15(8-9-16(14)19)28-21(26)12-24-13-23-18-7-4-3-6-17(18)22(24)27/h3-4,6-11,13H,2,5,12H2,1H3. The van der Waals surface area contributed by atoms with E-state index in [1.165, 1.54) is 23.0 Å². The van der Waals surface area contributed by atoms with Crippen molar-refractivity contribution in [1.82, 2.24) is 9.55 Å². The number of benzene rings is 2. The van der Waals surface area contributed by atoms with Crippen LogP contribution in [0.2, 0.25) is 0 Å². The molecule has 2 aromatic heterocycles. The molecule has 0 saturated carbocycles. The third kappa shape index (κ3) is 3.80. The molecule has 0 bridgehead atoms. The molecule has 0 aliphatic rings. The summed E-state index contributed by atoms with van der Waals surface area (Å²) in [5.74, 6) is -0.392. The van der Waals surface area contributed by atoms with Crippen LogP contribution in [0.25, 0.3) is 21.9 Å². The van der Waals surface area contributed by atoms with Gasteiger partial charge in [-0.3, -0.25) is 9.36 Å². The van der Waals surface area contributed by atoms with Crippen LogP contribution in [0.1, 0.15) is 18.9 Å². The van der Waals surface area contributed by atoms with E-state index in [0.29, 0.717) is 16.5 Å². The van der Waals surface area contributed by atoms with Crippen molar-refractivity contribution in [3.8, 4) is 5.75 Å². The van der Waals surface area contributed by atoms with Crippen molar-refractivity contribution in [2.75, 3.05) is 0 Å². The van der Waals surface area contributed by atoms with Gasteiger partial charge >= 0.3 is 11.6 Å². The summed E-state index contributed by atoms with van der Waals surface area (Å²) in [6.45, 7) is 1.74. The molecule has 0 unspecified atom stereocenters. The lowest BCUT2D eigenvalue weighted by Gasteiger charge is -2.09. The lowest BCUT2D eigenvalue weighted by atomic mass is 10.1. The van der Waals surface area contributed by atoms with Crippen LogP contribution in [0.5, 0.6) is 5.75 Å². The number of nitrogens with zero attached hydrogens (tertiary/aromatic N) is 2. The summed E-state index contributed by atoms with van der Waals surface area (Å²) in [6, 6.07) is 13.3. The quantitative estimate of drug-likeness (QED) is 0.295. The van der Waals surface area contributed by atoms with Gasteiger partial charge in [-0.2, -0.15) is 0 Å². The topological polar surface area (TPSA) is 91.4 Å². The average Bonchev–Trinajstić information content (AvgIpc) is 2.70. The van der Waals surface area contributed by atoms with E-state index >= 15 is 0 Å². The summed E-state index contributed by atoms with van der Waals surface area (Å²) in [4.78, 5) is 40.8. The molecule has 7 nitrogen and oxygen atoms in total. The van der Waals surface area contributed by atoms with Gasteiger partial charge in [0.15, 0.2) is 0 Å². The molecule has 0 spiro atoms. The predicted molar refractivity (Wildman–Crippen MR) is 108 cm³/mol. The number of hydrogen-bond acceptors (Lipinski definition) is 6. The van der Waals surface area contributed by atoms with Gasteiger partial charge in [0.2, 0.25) is 0 Å². The minimum absolute atomic E-state index is 0.237. The summed E-state index contributed by atoms with van der Waals surface area (Å²) in [6.07, 6.45) is 2.96. The zero-order valence-corrected chi connectivity index (χ0v) is 15.8. The maximum absolute atomic E-state index is 12.5. The van der Waals surface area contributed by atoms with Gasteiger partial charge in [0, 0.05) is 17.5 Å². The molecule has 0 fully saturated rings. The molecule has 0 aliphatic heterocycles. The average molecular weight is 390 g/mol. The molecular weight excluding hydrogens is 372 g/mol. The van der Waals surface area contributed by atoms with E-state index in [0.717, 1.165) is 23.8 Å². The van der Waals surface area contributed by atoms with Gasteiger partial charge in [0.25, 0.3) is 5.56 Å². The van der Waals surface area contributed by atoms with Crippen LogP contribution < -0.4 is 15.9 Å². The van der Waals surface area contributed by atoms with Crippen LogP contribution in [0.15, 0.2) is 68.9 Å². The van der Waals surface area contributed by atoms with E-state index in [9.17, 15) is 14.4 Å². The molecule has 2 aromatic carbocycles. The Bertz CT molecular complexity index is 1340. The fourth-order valence-electron chi connectivity index (χ4n) is 3.27. The molecule has 7 heteroatoms. The van der Waals surface area contributed by atoms with Gasteiger partial charge < -0.3 is 9.15 Å². The van der Waals surface area contributed by atoms with E-state index in [1.54, 1.807) is 36.4 Å². The zero-order valence-electron chi connectivity index (χ0n) is 15.8. The Morgan fingerprint density at radius 1 is 1.10 bits per heavy atom. The van der Waals surface area contributed by atoms with Crippen molar-refractivity contribution >= 4 is 27.8 Å². The molecular formula is C22H18N2O5. The fraction of sp³-hybridized carbons (Fsp3) is 0.182. The number of hydrogen-bond donors (Lipinski definition) is 0. The van der Waals surface area contributed by atoms with Crippen LogP contribution in [0.4, 0.5) is 0 Å². The largest absolute Gasteiger partial charge is 0.425 e. The van der Waals surface area contributed by atoms with E-state index in [1.807, 2.05) is 6.92 Å². The van der Waals surface area contributed by atoms with E-state index in [2.05, 4.69) is 4.98 Å². The molecule has 29 heavy (non-hydrogen) atoms. The first kappa shape index (κ1) is 18.6. The van der Waals surface area contributed by atoms with Crippen molar-refractivity contribution in [3.05, 3.63) is 81.2 Å². The van der Waals surface area contributed by atoms with Gasteiger partial charge in [-0.1, -0.05) is 25.5 Å². The number of rotatable bonds is 5. The Hall–Kier alpha value is -3.74. The number of carbonyl (C=O) groups excluding carboxylic acids is 1. The minimum atomic E-state index is -0.629. The number of esters is 1. The molecule has 4 aromatic rings. The highest BCUT2D eigenvalue weighted by Gasteiger charge is 2.12. The molecule has 2 heterocycles. The summed E-state index contributed by atoms with van der Waals surface area (Å²) in [5.41, 5.74) is 1.05. The lowest BCUT2D eigenvalue weighted by Crippen LogP contribution is -2.26. The van der Waals surface area contributed by atoms with Crippen molar-refractivity contribution < 1.29 is 13.9 Å². The number of fused-ring (bicyclic) bond motifs is 2. The molecule has 4 rings (SSSR count). The number of carbonyl (C=O) groups is 1. The normalized spacial score (nSPS) is 11.1. The first-order chi connectivity index (χ1) is 14.0.